The van der Waals surface area contributed by atoms with Gasteiger partial charge in [-0.05, 0) is 17.7 Å². The Morgan fingerprint density at radius 1 is 1.35 bits per heavy atom. The van der Waals surface area contributed by atoms with Gasteiger partial charge in [-0.15, -0.1) is 0 Å². The standard InChI is InChI=1S/C14H20FNO3S/c1-3-20(17,18)13-12(14(13,8-16)9-19-2)10-4-6-11(15)7-5-10/h4-7,12-13H,3,8-9,16H2,1-2H3/t12-,13-,14+/m0/s1. The molecule has 3 atom stereocenters. The van der Waals surface area contributed by atoms with Gasteiger partial charge in [0.05, 0.1) is 11.9 Å². The molecule has 20 heavy (non-hydrogen) atoms. The molecule has 4 nitrogen and oxygen atoms in total. The minimum atomic E-state index is -3.23. The molecular formula is C14H20FNO3S. The van der Waals surface area contributed by atoms with Gasteiger partial charge < -0.3 is 10.5 Å². The summed E-state index contributed by atoms with van der Waals surface area (Å²) in [6.07, 6.45) is 0. The van der Waals surface area contributed by atoms with Crippen LogP contribution in [0.3, 0.4) is 0 Å². The maximum Gasteiger partial charge on any atom is 0.154 e. The van der Waals surface area contributed by atoms with Crippen molar-refractivity contribution in [2.24, 2.45) is 11.1 Å². The van der Waals surface area contributed by atoms with Crippen LogP contribution in [0.2, 0.25) is 0 Å². The van der Waals surface area contributed by atoms with Gasteiger partial charge in [0.1, 0.15) is 5.82 Å². The van der Waals surface area contributed by atoms with Gasteiger partial charge in [0.25, 0.3) is 0 Å². The average Bonchev–Trinajstić information content (AvgIpc) is 3.10. The molecule has 2 N–H and O–H groups in total. The van der Waals surface area contributed by atoms with E-state index >= 15 is 0 Å². The molecule has 0 aromatic heterocycles. The summed E-state index contributed by atoms with van der Waals surface area (Å²) in [6.45, 7) is 2.14. The molecule has 1 aromatic carbocycles. The summed E-state index contributed by atoms with van der Waals surface area (Å²) in [5.74, 6) is -0.492. The van der Waals surface area contributed by atoms with Crippen LogP contribution >= 0.6 is 0 Å². The average molecular weight is 301 g/mol. The normalized spacial score (nSPS) is 29.4. The van der Waals surface area contributed by atoms with Gasteiger partial charge in [0.15, 0.2) is 9.84 Å². The van der Waals surface area contributed by atoms with Crippen LogP contribution < -0.4 is 5.73 Å². The van der Waals surface area contributed by atoms with E-state index in [0.29, 0.717) is 0 Å². The fraction of sp³-hybridized carbons (Fsp3) is 0.571. The SMILES string of the molecule is CCS(=O)(=O)[C@H]1[C@H](c2ccc(F)cc2)[C@@]1(CN)COC. The number of hydrogen-bond acceptors (Lipinski definition) is 4. The van der Waals surface area contributed by atoms with Crippen LogP contribution in [0.1, 0.15) is 18.4 Å². The van der Waals surface area contributed by atoms with Crippen molar-refractivity contribution in [3.05, 3.63) is 35.6 Å². The van der Waals surface area contributed by atoms with Crippen molar-refractivity contribution in [2.45, 2.75) is 18.1 Å². The molecule has 0 unspecified atom stereocenters. The molecule has 112 valence electrons. The summed E-state index contributed by atoms with van der Waals surface area (Å²) < 4.78 is 42.8. The van der Waals surface area contributed by atoms with E-state index in [2.05, 4.69) is 0 Å². The van der Waals surface area contributed by atoms with Crippen LogP contribution in [0.15, 0.2) is 24.3 Å². The third-order valence-corrected chi connectivity index (χ3v) is 6.51. The molecule has 2 rings (SSSR count). The number of nitrogens with two attached hydrogens (primary N) is 1. The second kappa shape index (κ2) is 5.42. The van der Waals surface area contributed by atoms with Crippen LogP contribution in [0.4, 0.5) is 4.39 Å². The Labute approximate surface area is 119 Å². The van der Waals surface area contributed by atoms with Crippen LogP contribution in [0, 0.1) is 11.2 Å². The predicted octanol–water partition coefficient (Wildman–Crippen LogP) is 1.32. The van der Waals surface area contributed by atoms with E-state index in [0.717, 1.165) is 5.56 Å². The van der Waals surface area contributed by atoms with Crippen LogP contribution in [0.25, 0.3) is 0 Å². The summed E-state index contributed by atoms with van der Waals surface area (Å²) in [4.78, 5) is 0. The van der Waals surface area contributed by atoms with E-state index in [1.807, 2.05) is 0 Å². The third kappa shape index (κ3) is 2.36. The maximum absolute atomic E-state index is 13.0. The molecule has 0 aliphatic heterocycles. The van der Waals surface area contributed by atoms with E-state index in [-0.39, 0.29) is 30.6 Å². The largest absolute Gasteiger partial charge is 0.384 e. The van der Waals surface area contributed by atoms with Crippen molar-refractivity contribution in [1.82, 2.24) is 0 Å². The molecule has 0 radical (unpaired) electrons. The number of ether oxygens (including phenoxy) is 1. The molecule has 1 aliphatic carbocycles. The molecule has 0 spiro atoms. The number of benzene rings is 1. The van der Waals surface area contributed by atoms with Crippen molar-refractivity contribution >= 4 is 9.84 Å². The lowest BCUT2D eigenvalue weighted by atomic mass is 10.00. The molecule has 0 amide bonds. The number of methoxy groups -OCH3 is 1. The first-order valence-corrected chi connectivity index (χ1v) is 8.30. The second-order valence-electron chi connectivity index (χ2n) is 5.27. The molecular weight excluding hydrogens is 281 g/mol. The number of halogens is 1. The number of rotatable bonds is 6. The highest BCUT2D eigenvalue weighted by atomic mass is 32.2. The zero-order valence-corrected chi connectivity index (χ0v) is 12.5. The topological polar surface area (TPSA) is 69.4 Å². The van der Waals surface area contributed by atoms with Gasteiger partial charge in [0, 0.05) is 30.7 Å². The highest BCUT2D eigenvalue weighted by Gasteiger charge is 2.69. The highest BCUT2D eigenvalue weighted by molar-refractivity contribution is 7.92. The number of hydrogen-bond donors (Lipinski definition) is 1. The van der Waals surface area contributed by atoms with Gasteiger partial charge in [-0.2, -0.15) is 0 Å². The van der Waals surface area contributed by atoms with E-state index in [4.69, 9.17) is 10.5 Å². The molecule has 0 heterocycles. The van der Waals surface area contributed by atoms with Crippen LogP contribution in [-0.2, 0) is 14.6 Å². The van der Waals surface area contributed by atoms with E-state index < -0.39 is 20.5 Å². The Morgan fingerprint density at radius 2 is 1.95 bits per heavy atom. The zero-order chi connectivity index (χ0) is 15.0. The molecule has 0 saturated heterocycles. The minimum Gasteiger partial charge on any atom is -0.384 e. The maximum atomic E-state index is 13.0. The molecule has 1 fully saturated rings. The molecule has 6 heteroatoms. The minimum absolute atomic E-state index is 0.0703. The third-order valence-electron chi connectivity index (χ3n) is 4.19. The Morgan fingerprint density at radius 3 is 2.40 bits per heavy atom. The number of sulfone groups is 1. The molecule has 1 aliphatic rings. The molecule has 1 aromatic rings. The first kappa shape index (κ1) is 15.4. The lowest BCUT2D eigenvalue weighted by Gasteiger charge is -2.14. The van der Waals surface area contributed by atoms with Crippen LogP contribution in [-0.4, -0.2) is 39.7 Å². The van der Waals surface area contributed by atoms with Crippen molar-refractivity contribution in [2.75, 3.05) is 26.0 Å². The summed E-state index contributed by atoms with van der Waals surface area (Å²) in [6, 6.07) is 5.95. The summed E-state index contributed by atoms with van der Waals surface area (Å²) in [5.41, 5.74) is 6.04. The van der Waals surface area contributed by atoms with E-state index in [1.54, 1.807) is 19.1 Å². The first-order valence-electron chi connectivity index (χ1n) is 6.59. The van der Waals surface area contributed by atoms with E-state index in [1.165, 1.54) is 19.2 Å². The van der Waals surface area contributed by atoms with E-state index in [9.17, 15) is 12.8 Å². The predicted molar refractivity (Wildman–Crippen MR) is 75.8 cm³/mol. The quantitative estimate of drug-likeness (QED) is 0.860. The Hall–Kier alpha value is -0.980. The van der Waals surface area contributed by atoms with Gasteiger partial charge in [-0.25, -0.2) is 12.8 Å². The van der Waals surface area contributed by atoms with Crippen molar-refractivity contribution in [3.63, 3.8) is 0 Å². The summed E-state index contributed by atoms with van der Waals surface area (Å²) in [5, 5.41) is -0.546. The fourth-order valence-corrected chi connectivity index (χ4v) is 5.27. The van der Waals surface area contributed by atoms with Gasteiger partial charge in [0.2, 0.25) is 0 Å². The van der Waals surface area contributed by atoms with Gasteiger partial charge in [-0.1, -0.05) is 19.1 Å². The second-order valence-corrected chi connectivity index (χ2v) is 7.68. The Bertz CT molecular complexity index is 573. The zero-order valence-electron chi connectivity index (χ0n) is 11.7. The Balaban J connectivity index is 2.42. The monoisotopic (exact) mass is 301 g/mol. The lowest BCUT2D eigenvalue weighted by Crippen LogP contribution is -2.28. The smallest absolute Gasteiger partial charge is 0.154 e. The van der Waals surface area contributed by atoms with Gasteiger partial charge in [-0.3, -0.25) is 0 Å². The lowest BCUT2D eigenvalue weighted by molar-refractivity contribution is 0.142. The summed E-state index contributed by atoms with van der Waals surface area (Å²) in [7, 11) is -1.69. The fourth-order valence-electron chi connectivity index (χ4n) is 3.12. The Kier molecular flexibility index (Phi) is 4.18. The first-order chi connectivity index (χ1) is 9.43. The highest BCUT2D eigenvalue weighted by Crippen LogP contribution is 2.62. The van der Waals surface area contributed by atoms with Crippen molar-refractivity contribution in [1.29, 1.82) is 0 Å². The van der Waals surface area contributed by atoms with Crippen LogP contribution in [0.5, 0.6) is 0 Å². The molecule has 1 saturated carbocycles. The van der Waals surface area contributed by atoms with Crippen molar-refractivity contribution < 1.29 is 17.5 Å². The molecule has 0 bridgehead atoms. The van der Waals surface area contributed by atoms with Crippen molar-refractivity contribution in [3.8, 4) is 0 Å². The van der Waals surface area contributed by atoms with Gasteiger partial charge >= 0.3 is 0 Å². The summed E-state index contributed by atoms with van der Waals surface area (Å²) >= 11 is 0.